The van der Waals surface area contributed by atoms with Crippen molar-refractivity contribution in [3.05, 3.63) is 64.4 Å². The molecule has 2 aromatic heterocycles. The number of alkyl halides is 5. The second-order valence-corrected chi connectivity index (χ2v) is 10.5. The minimum atomic E-state index is -5.08. The molecule has 44 heavy (non-hydrogen) atoms. The molecule has 3 aromatic rings. The Labute approximate surface area is 246 Å². The van der Waals surface area contributed by atoms with Crippen LogP contribution in [0.3, 0.4) is 0 Å². The lowest BCUT2D eigenvalue weighted by Gasteiger charge is -2.35. The number of ether oxygens (including phenoxy) is 1. The fraction of sp³-hybridized carbons (Fsp3) is 0.407. The first kappa shape index (κ1) is 35.6. The monoisotopic (exact) mass is 638 g/mol. The summed E-state index contributed by atoms with van der Waals surface area (Å²) in [4.78, 5) is 33.9. The number of aryl methyl sites for hydroxylation is 2. The molecule has 2 amide bonds. The van der Waals surface area contributed by atoms with Gasteiger partial charge in [-0.05, 0) is 58.4 Å². The van der Waals surface area contributed by atoms with Crippen LogP contribution in [0.25, 0.3) is 5.52 Å². The average molecular weight is 639 g/mol. The van der Waals surface area contributed by atoms with Crippen molar-refractivity contribution >= 4 is 23.5 Å². The standard InChI is InChI=1S/C25H28F4N4O4.C2HF3O2/c1-14-9-19-21(22(34)30-12-25(28,29)13-32(23(35)36)24(3,4)5)15(2)31-33(19)20(10-14)37-11-16-17(26)7-6-8-18(16)27;3-2(4,5)1(6)7/h6-10H,11-13H2,1-5H3,(H,30,34)(H,35,36);(H,6,7). The maximum Gasteiger partial charge on any atom is 0.490 e. The maximum atomic E-state index is 14.6. The number of nitrogens with zero attached hydrogens (tertiary/aromatic N) is 3. The Balaban J connectivity index is 0.000000860. The van der Waals surface area contributed by atoms with E-state index in [0.29, 0.717) is 10.5 Å². The lowest BCUT2D eigenvalue weighted by atomic mass is 10.1. The number of carbonyl (C=O) groups excluding carboxylic acids is 1. The van der Waals surface area contributed by atoms with Crippen molar-refractivity contribution in [2.75, 3.05) is 13.1 Å². The Morgan fingerprint density at radius 1 is 1.00 bits per heavy atom. The van der Waals surface area contributed by atoms with Crippen LogP contribution in [0.4, 0.5) is 35.5 Å². The number of aromatic nitrogens is 2. The molecule has 242 valence electrons. The number of aliphatic carboxylic acids is 1. The van der Waals surface area contributed by atoms with Gasteiger partial charge >= 0.3 is 18.2 Å². The van der Waals surface area contributed by atoms with Crippen molar-refractivity contribution < 1.29 is 60.1 Å². The lowest BCUT2D eigenvalue weighted by Crippen LogP contribution is -2.53. The smallest absolute Gasteiger partial charge is 0.475 e. The van der Waals surface area contributed by atoms with E-state index in [1.54, 1.807) is 19.1 Å². The summed E-state index contributed by atoms with van der Waals surface area (Å²) in [6.07, 6.45) is -6.59. The molecule has 0 saturated carbocycles. The van der Waals surface area contributed by atoms with Gasteiger partial charge in [-0.15, -0.1) is 0 Å². The zero-order chi connectivity index (χ0) is 33.8. The van der Waals surface area contributed by atoms with Gasteiger partial charge in [0.2, 0.25) is 5.88 Å². The summed E-state index contributed by atoms with van der Waals surface area (Å²) in [6, 6.07) is 6.57. The zero-order valence-electron chi connectivity index (χ0n) is 24.0. The van der Waals surface area contributed by atoms with Crippen LogP contribution >= 0.6 is 0 Å². The molecular formula is C27H29F7N4O6. The maximum absolute atomic E-state index is 14.6. The number of halogens is 7. The number of nitrogens with one attached hydrogen (secondary N) is 1. The molecule has 0 radical (unpaired) electrons. The van der Waals surface area contributed by atoms with E-state index in [4.69, 9.17) is 14.6 Å². The first-order valence-electron chi connectivity index (χ1n) is 12.6. The molecule has 3 N–H and O–H groups in total. The highest BCUT2D eigenvalue weighted by molar-refractivity contribution is 6.02. The number of hydrogen-bond donors (Lipinski definition) is 3. The van der Waals surface area contributed by atoms with E-state index in [9.17, 15) is 45.4 Å². The molecule has 1 aromatic carbocycles. The zero-order valence-corrected chi connectivity index (χ0v) is 24.0. The normalized spacial score (nSPS) is 11.9. The minimum absolute atomic E-state index is 0.00679. The average Bonchev–Trinajstić information content (AvgIpc) is 3.20. The Kier molecular flexibility index (Phi) is 10.8. The lowest BCUT2D eigenvalue weighted by molar-refractivity contribution is -0.192. The third-order valence-electron chi connectivity index (χ3n) is 5.85. The SMILES string of the molecule is Cc1cc(OCc2c(F)cccc2F)n2nc(C)c(C(=O)NCC(F)(F)CN(C(=O)O)C(C)(C)C)c2c1.O=C(O)C(F)(F)F. The van der Waals surface area contributed by atoms with E-state index >= 15 is 0 Å². The van der Waals surface area contributed by atoms with Gasteiger partial charge < -0.3 is 20.3 Å². The van der Waals surface area contributed by atoms with E-state index in [1.165, 1.54) is 38.3 Å². The van der Waals surface area contributed by atoms with Crippen LogP contribution in [0.5, 0.6) is 5.88 Å². The molecule has 0 bridgehead atoms. The highest BCUT2D eigenvalue weighted by Crippen LogP contribution is 2.26. The molecular weight excluding hydrogens is 609 g/mol. The van der Waals surface area contributed by atoms with Crippen molar-refractivity contribution in [1.82, 2.24) is 19.8 Å². The molecule has 0 spiro atoms. The number of hydrogen-bond acceptors (Lipinski definition) is 5. The van der Waals surface area contributed by atoms with Gasteiger partial charge in [0.05, 0.1) is 35.4 Å². The molecule has 0 aliphatic heterocycles. The number of carboxylic acid groups (broad SMARTS) is 2. The van der Waals surface area contributed by atoms with Crippen molar-refractivity contribution in [3.8, 4) is 5.88 Å². The molecule has 0 aliphatic rings. The van der Waals surface area contributed by atoms with E-state index in [0.717, 1.165) is 12.1 Å². The van der Waals surface area contributed by atoms with Gasteiger partial charge in [-0.1, -0.05) is 6.07 Å². The summed E-state index contributed by atoms with van der Waals surface area (Å²) in [6.45, 7) is 5.00. The van der Waals surface area contributed by atoms with E-state index in [2.05, 4.69) is 10.4 Å². The van der Waals surface area contributed by atoms with E-state index in [1.807, 2.05) is 0 Å². The number of rotatable bonds is 8. The number of benzene rings is 1. The van der Waals surface area contributed by atoms with Crippen molar-refractivity contribution in [2.24, 2.45) is 0 Å². The number of carboxylic acids is 1. The van der Waals surface area contributed by atoms with Crippen LogP contribution in [0, 0.1) is 25.5 Å². The Morgan fingerprint density at radius 2 is 1.55 bits per heavy atom. The Hall–Kier alpha value is -4.57. The fourth-order valence-corrected chi connectivity index (χ4v) is 3.74. The molecule has 3 rings (SSSR count). The number of carbonyl (C=O) groups is 3. The Bertz CT molecular complexity index is 1510. The summed E-state index contributed by atoms with van der Waals surface area (Å²) in [7, 11) is 0. The van der Waals surface area contributed by atoms with Crippen molar-refractivity contribution in [1.29, 1.82) is 0 Å². The molecule has 0 unspecified atom stereocenters. The van der Waals surface area contributed by atoms with Gasteiger partial charge in [0, 0.05) is 11.6 Å². The van der Waals surface area contributed by atoms with Crippen LogP contribution in [0.1, 0.15) is 48.0 Å². The van der Waals surface area contributed by atoms with Crippen LogP contribution in [-0.2, 0) is 11.4 Å². The predicted octanol–water partition coefficient (Wildman–Crippen LogP) is 5.59. The highest BCUT2D eigenvalue weighted by Gasteiger charge is 2.39. The highest BCUT2D eigenvalue weighted by atomic mass is 19.4. The molecule has 10 nitrogen and oxygen atoms in total. The van der Waals surface area contributed by atoms with Crippen LogP contribution < -0.4 is 10.1 Å². The summed E-state index contributed by atoms with van der Waals surface area (Å²) in [5, 5.41) is 22.8. The van der Waals surface area contributed by atoms with Gasteiger partial charge in [0.25, 0.3) is 11.8 Å². The van der Waals surface area contributed by atoms with Crippen LogP contribution in [-0.4, -0.2) is 73.4 Å². The Morgan fingerprint density at radius 3 is 2.02 bits per heavy atom. The molecule has 0 atom stereocenters. The van der Waals surface area contributed by atoms with Gasteiger partial charge in [0.15, 0.2) is 0 Å². The quantitative estimate of drug-likeness (QED) is 0.274. The van der Waals surface area contributed by atoms with Crippen molar-refractivity contribution in [2.45, 2.75) is 58.9 Å². The second kappa shape index (κ2) is 13.4. The van der Waals surface area contributed by atoms with Crippen LogP contribution in [0.2, 0.25) is 0 Å². The first-order chi connectivity index (χ1) is 20.0. The molecule has 17 heteroatoms. The summed E-state index contributed by atoms with van der Waals surface area (Å²) in [5.41, 5.74) is -0.283. The predicted molar refractivity (Wildman–Crippen MR) is 141 cm³/mol. The van der Waals surface area contributed by atoms with Gasteiger partial charge in [0.1, 0.15) is 18.2 Å². The number of fused-ring (bicyclic) bond motifs is 1. The number of pyridine rings is 1. The van der Waals surface area contributed by atoms with E-state index in [-0.39, 0.29) is 28.2 Å². The van der Waals surface area contributed by atoms with Crippen LogP contribution in [0.15, 0.2) is 30.3 Å². The van der Waals surface area contributed by atoms with E-state index < -0.39 is 66.9 Å². The minimum Gasteiger partial charge on any atom is -0.475 e. The summed E-state index contributed by atoms with van der Waals surface area (Å²) >= 11 is 0. The fourth-order valence-electron chi connectivity index (χ4n) is 3.74. The third-order valence-corrected chi connectivity index (χ3v) is 5.85. The second-order valence-electron chi connectivity index (χ2n) is 10.5. The third kappa shape index (κ3) is 9.21. The van der Waals surface area contributed by atoms with Crippen molar-refractivity contribution in [3.63, 3.8) is 0 Å². The van der Waals surface area contributed by atoms with Gasteiger partial charge in [-0.25, -0.2) is 27.2 Å². The van der Waals surface area contributed by atoms with Gasteiger partial charge in [-0.2, -0.15) is 22.8 Å². The summed E-state index contributed by atoms with van der Waals surface area (Å²) < 4.78 is 95.8. The first-order valence-corrected chi connectivity index (χ1v) is 12.6. The summed E-state index contributed by atoms with van der Waals surface area (Å²) in [5.74, 6) is -8.63. The molecule has 0 saturated heterocycles. The topological polar surface area (TPSA) is 133 Å². The van der Waals surface area contributed by atoms with Gasteiger partial charge in [-0.3, -0.25) is 9.69 Å². The molecule has 0 aliphatic carbocycles. The molecule has 2 heterocycles. The largest absolute Gasteiger partial charge is 0.490 e. The number of amides is 2. The molecule has 0 fully saturated rings.